The Labute approximate surface area is 191 Å². The first-order chi connectivity index (χ1) is 16.3. The van der Waals surface area contributed by atoms with E-state index in [9.17, 15) is 4.79 Å². The van der Waals surface area contributed by atoms with Crippen LogP contribution in [0.2, 0.25) is 0 Å². The lowest BCUT2D eigenvalue weighted by molar-refractivity contribution is 0.0735. The summed E-state index contributed by atoms with van der Waals surface area (Å²) in [7, 11) is 0. The van der Waals surface area contributed by atoms with Crippen molar-refractivity contribution in [2.45, 2.75) is 6.04 Å². The van der Waals surface area contributed by atoms with Crippen LogP contribution in [0.3, 0.4) is 0 Å². The Morgan fingerprint density at radius 3 is 2.42 bits per heavy atom. The molecule has 0 bridgehead atoms. The van der Waals surface area contributed by atoms with Crippen LogP contribution in [0.5, 0.6) is 5.75 Å². The maximum absolute atomic E-state index is 12.7. The van der Waals surface area contributed by atoms with Crippen molar-refractivity contribution in [3.63, 3.8) is 0 Å². The van der Waals surface area contributed by atoms with Crippen molar-refractivity contribution >= 4 is 11.8 Å². The lowest BCUT2D eigenvalue weighted by Crippen LogP contribution is -2.24. The van der Waals surface area contributed by atoms with E-state index >= 15 is 0 Å². The molecule has 6 nitrogen and oxygen atoms in total. The zero-order valence-corrected chi connectivity index (χ0v) is 17.7. The number of carbonyl (C=O) groups is 1. The molecule has 0 radical (unpaired) electrons. The topological polar surface area (TPSA) is 68.2 Å². The quantitative estimate of drug-likeness (QED) is 0.394. The SMILES string of the molecule is O=C(Oc1ccc(N2C=CC=CC2c2cccnc2)nc1-c1cccnc1)c1ccccc1. The van der Waals surface area contributed by atoms with Crippen molar-refractivity contribution in [3.05, 3.63) is 127 Å². The van der Waals surface area contributed by atoms with Crippen LogP contribution in [-0.4, -0.2) is 20.9 Å². The standard InChI is InChI=1S/C27H20N4O2/c32-27(20-8-2-1-3-9-20)33-24-13-14-25(30-26(24)22-11-7-16-29-19-22)31-17-5-4-12-23(31)21-10-6-15-28-18-21/h1-19,23H. The minimum absolute atomic E-state index is 0.0596. The Bertz CT molecular complexity index is 1310. The van der Waals surface area contributed by atoms with E-state index in [-0.39, 0.29) is 6.04 Å². The molecule has 0 N–H and O–H groups in total. The molecular formula is C27H20N4O2. The van der Waals surface area contributed by atoms with Crippen molar-refractivity contribution < 1.29 is 9.53 Å². The molecule has 0 spiro atoms. The number of ether oxygens (including phenoxy) is 1. The van der Waals surface area contributed by atoms with Gasteiger partial charge in [0.05, 0.1) is 11.6 Å². The molecule has 1 atom stereocenters. The Morgan fingerprint density at radius 2 is 1.67 bits per heavy atom. The molecule has 0 fully saturated rings. The van der Waals surface area contributed by atoms with Crippen molar-refractivity contribution in [2.24, 2.45) is 0 Å². The van der Waals surface area contributed by atoms with E-state index in [1.54, 1.807) is 48.9 Å². The predicted octanol–water partition coefficient (Wildman–Crippen LogP) is 5.39. The van der Waals surface area contributed by atoms with Crippen molar-refractivity contribution in [1.29, 1.82) is 0 Å². The van der Waals surface area contributed by atoms with Crippen LogP contribution >= 0.6 is 0 Å². The highest BCUT2D eigenvalue weighted by atomic mass is 16.5. The van der Waals surface area contributed by atoms with E-state index < -0.39 is 5.97 Å². The van der Waals surface area contributed by atoms with Gasteiger partial charge in [0, 0.05) is 36.6 Å². The maximum atomic E-state index is 12.7. The second-order valence-corrected chi connectivity index (χ2v) is 7.38. The number of hydrogen-bond acceptors (Lipinski definition) is 6. The Kier molecular flexibility index (Phi) is 5.72. The number of pyridine rings is 3. The van der Waals surface area contributed by atoms with Gasteiger partial charge in [0.1, 0.15) is 11.5 Å². The Morgan fingerprint density at radius 1 is 0.848 bits per heavy atom. The highest BCUT2D eigenvalue weighted by Crippen LogP contribution is 2.35. The first kappa shape index (κ1) is 20.3. The molecular weight excluding hydrogens is 412 g/mol. The van der Waals surface area contributed by atoms with Gasteiger partial charge in [-0.3, -0.25) is 9.97 Å². The first-order valence-corrected chi connectivity index (χ1v) is 10.5. The summed E-state index contributed by atoms with van der Waals surface area (Å²) in [6, 6.07) is 20.1. The van der Waals surface area contributed by atoms with Gasteiger partial charge in [0.25, 0.3) is 0 Å². The monoisotopic (exact) mass is 432 g/mol. The molecule has 1 aliphatic heterocycles. The zero-order valence-electron chi connectivity index (χ0n) is 17.7. The average molecular weight is 432 g/mol. The number of hydrogen-bond donors (Lipinski definition) is 0. The summed E-state index contributed by atoms with van der Waals surface area (Å²) in [6.07, 6.45) is 15.0. The molecule has 1 aliphatic rings. The van der Waals surface area contributed by atoms with E-state index in [1.165, 1.54) is 0 Å². The summed E-state index contributed by atoms with van der Waals surface area (Å²) in [5, 5.41) is 0. The van der Waals surface area contributed by atoms with Crippen LogP contribution in [0.15, 0.2) is 116 Å². The molecule has 160 valence electrons. The second-order valence-electron chi connectivity index (χ2n) is 7.38. The molecule has 1 unspecified atom stereocenters. The highest BCUT2D eigenvalue weighted by molar-refractivity contribution is 5.92. The molecule has 0 amide bonds. The van der Waals surface area contributed by atoms with Crippen molar-refractivity contribution in [1.82, 2.24) is 15.0 Å². The summed E-state index contributed by atoms with van der Waals surface area (Å²) in [6.45, 7) is 0. The molecule has 0 aliphatic carbocycles. The smallest absolute Gasteiger partial charge is 0.343 e. The number of carbonyl (C=O) groups excluding carboxylic acids is 1. The van der Waals surface area contributed by atoms with Gasteiger partial charge in [-0.1, -0.05) is 36.4 Å². The number of benzene rings is 1. The van der Waals surface area contributed by atoms with Crippen LogP contribution < -0.4 is 9.64 Å². The largest absolute Gasteiger partial charge is 0.421 e. The van der Waals surface area contributed by atoms with Crippen LogP contribution in [0, 0.1) is 0 Å². The van der Waals surface area contributed by atoms with E-state index in [2.05, 4.69) is 20.9 Å². The summed E-state index contributed by atoms with van der Waals surface area (Å²) < 4.78 is 5.75. The molecule has 1 aromatic carbocycles. The molecule has 5 rings (SSSR count). The van der Waals surface area contributed by atoms with Gasteiger partial charge >= 0.3 is 5.97 Å². The Hall–Kier alpha value is -4.58. The fourth-order valence-electron chi connectivity index (χ4n) is 3.64. The third-order valence-electron chi connectivity index (χ3n) is 5.23. The summed E-state index contributed by atoms with van der Waals surface area (Å²) in [4.78, 5) is 28.1. The minimum atomic E-state index is -0.440. The van der Waals surface area contributed by atoms with Crippen LogP contribution in [0.4, 0.5) is 5.82 Å². The Balaban J connectivity index is 1.54. The molecule has 33 heavy (non-hydrogen) atoms. The zero-order chi connectivity index (χ0) is 22.5. The van der Waals surface area contributed by atoms with Crippen LogP contribution in [0.1, 0.15) is 22.0 Å². The molecule has 4 heterocycles. The summed E-state index contributed by atoms with van der Waals surface area (Å²) in [5.74, 6) is 0.641. The number of aromatic nitrogens is 3. The molecule has 0 saturated carbocycles. The molecule has 6 heteroatoms. The van der Waals surface area contributed by atoms with Crippen molar-refractivity contribution in [3.8, 4) is 17.0 Å². The lowest BCUT2D eigenvalue weighted by atomic mass is 10.0. The van der Waals surface area contributed by atoms with Gasteiger partial charge < -0.3 is 9.64 Å². The lowest BCUT2D eigenvalue weighted by Gasteiger charge is -2.30. The van der Waals surface area contributed by atoms with Gasteiger partial charge in [-0.05, 0) is 54.1 Å². The number of rotatable bonds is 5. The second kappa shape index (κ2) is 9.28. The van der Waals surface area contributed by atoms with E-state index in [1.807, 2.05) is 60.9 Å². The predicted molar refractivity (Wildman–Crippen MR) is 127 cm³/mol. The van der Waals surface area contributed by atoms with Gasteiger partial charge in [-0.25, -0.2) is 9.78 Å². The molecule has 0 saturated heterocycles. The third-order valence-corrected chi connectivity index (χ3v) is 5.23. The molecule has 3 aromatic heterocycles. The normalized spacial score (nSPS) is 14.8. The van der Waals surface area contributed by atoms with Gasteiger partial charge in [0.15, 0.2) is 5.75 Å². The number of anilines is 1. The van der Waals surface area contributed by atoms with Crippen molar-refractivity contribution in [2.75, 3.05) is 4.90 Å². The van der Waals surface area contributed by atoms with Gasteiger partial charge in [0.2, 0.25) is 0 Å². The van der Waals surface area contributed by atoms with E-state index in [0.29, 0.717) is 22.8 Å². The van der Waals surface area contributed by atoms with E-state index in [4.69, 9.17) is 9.72 Å². The third kappa shape index (κ3) is 4.41. The fraction of sp³-hybridized carbons (Fsp3) is 0.0370. The van der Waals surface area contributed by atoms with Crippen LogP contribution in [-0.2, 0) is 0 Å². The average Bonchev–Trinajstić information content (AvgIpc) is 2.90. The first-order valence-electron chi connectivity index (χ1n) is 10.5. The number of nitrogens with zero attached hydrogens (tertiary/aromatic N) is 4. The molecule has 4 aromatic rings. The van der Waals surface area contributed by atoms with Gasteiger partial charge in [-0.15, -0.1) is 0 Å². The van der Waals surface area contributed by atoms with Gasteiger partial charge in [-0.2, -0.15) is 0 Å². The summed E-state index contributed by atoms with van der Waals surface area (Å²) >= 11 is 0. The fourth-order valence-corrected chi connectivity index (χ4v) is 3.64. The van der Waals surface area contributed by atoms with Crippen LogP contribution in [0.25, 0.3) is 11.3 Å². The number of allylic oxidation sites excluding steroid dienone is 2. The minimum Gasteiger partial charge on any atom is -0.421 e. The maximum Gasteiger partial charge on any atom is 0.343 e. The number of esters is 1. The highest BCUT2D eigenvalue weighted by Gasteiger charge is 2.22. The summed E-state index contributed by atoms with van der Waals surface area (Å²) in [5.41, 5.74) is 2.81. The van der Waals surface area contributed by atoms with E-state index in [0.717, 1.165) is 11.1 Å².